The Balaban J connectivity index is 1.99. The minimum atomic E-state index is -0.413. The zero-order valence-corrected chi connectivity index (χ0v) is 12.2. The first kappa shape index (κ1) is 14.1. The van der Waals surface area contributed by atoms with Crippen molar-refractivity contribution in [2.75, 3.05) is 0 Å². The molecule has 0 saturated heterocycles. The molecule has 0 spiro atoms. The summed E-state index contributed by atoms with van der Waals surface area (Å²) in [6, 6.07) is 0. The van der Waals surface area contributed by atoms with Crippen molar-refractivity contribution in [3.05, 3.63) is 17.8 Å². The molecule has 19 heavy (non-hydrogen) atoms. The highest BCUT2D eigenvalue weighted by molar-refractivity contribution is 5.73. The van der Waals surface area contributed by atoms with E-state index in [1.165, 1.54) is 0 Å². The van der Waals surface area contributed by atoms with E-state index in [1.54, 1.807) is 6.20 Å². The van der Waals surface area contributed by atoms with E-state index < -0.39 is 5.60 Å². The first-order chi connectivity index (χ1) is 8.85. The van der Waals surface area contributed by atoms with Crippen molar-refractivity contribution in [2.24, 2.45) is 5.92 Å². The van der Waals surface area contributed by atoms with E-state index in [-0.39, 0.29) is 17.8 Å². The van der Waals surface area contributed by atoms with Gasteiger partial charge in [-0.05, 0) is 47.0 Å². The fourth-order valence-corrected chi connectivity index (χ4v) is 2.57. The van der Waals surface area contributed by atoms with E-state index >= 15 is 0 Å². The molecule has 1 aromatic heterocycles. The van der Waals surface area contributed by atoms with E-state index in [9.17, 15) is 4.79 Å². The van der Waals surface area contributed by atoms with Crippen LogP contribution in [0.5, 0.6) is 0 Å². The molecule has 1 aromatic rings. The third kappa shape index (κ3) is 3.82. The molecule has 0 N–H and O–H groups in total. The summed E-state index contributed by atoms with van der Waals surface area (Å²) < 4.78 is 11.1. The van der Waals surface area contributed by atoms with Gasteiger partial charge in [-0.15, -0.1) is 0 Å². The monoisotopic (exact) mass is 265 g/mol. The second-order valence-corrected chi connectivity index (χ2v) is 6.40. The van der Waals surface area contributed by atoms with E-state index in [2.05, 4.69) is 4.98 Å². The topological polar surface area (TPSA) is 52.3 Å². The van der Waals surface area contributed by atoms with Gasteiger partial charge < -0.3 is 9.15 Å². The quantitative estimate of drug-likeness (QED) is 0.767. The predicted octanol–water partition coefficient (Wildman–Crippen LogP) is 3.60. The van der Waals surface area contributed by atoms with Crippen molar-refractivity contribution in [1.29, 1.82) is 0 Å². The van der Waals surface area contributed by atoms with Gasteiger partial charge in [-0.2, -0.15) is 0 Å². The second-order valence-electron chi connectivity index (χ2n) is 6.40. The van der Waals surface area contributed by atoms with Gasteiger partial charge in [0.15, 0.2) is 5.89 Å². The highest BCUT2D eigenvalue weighted by Gasteiger charge is 2.33. The third-order valence-corrected chi connectivity index (χ3v) is 3.40. The molecule has 2 unspecified atom stereocenters. The molecule has 0 aromatic carbocycles. The van der Waals surface area contributed by atoms with Crippen molar-refractivity contribution < 1.29 is 13.9 Å². The van der Waals surface area contributed by atoms with Crippen LogP contribution in [-0.4, -0.2) is 16.6 Å². The van der Waals surface area contributed by atoms with Gasteiger partial charge in [-0.25, -0.2) is 4.98 Å². The molecule has 0 bridgehead atoms. The lowest BCUT2D eigenvalue weighted by atomic mass is 9.81. The van der Waals surface area contributed by atoms with Crippen LogP contribution in [0.3, 0.4) is 0 Å². The summed E-state index contributed by atoms with van der Waals surface area (Å²) in [5.41, 5.74) is -0.413. The van der Waals surface area contributed by atoms with Crippen LogP contribution in [0.4, 0.5) is 0 Å². The number of hydrogen-bond acceptors (Lipinski definition) is 4. The molecule has 1 heterocycles. The summed E-state index contributed by atoms with van der Waals surface area (Å²) in [5, 5.41) is 0. The molecular formula is C15H23NO3. The molecule has 2 atom stereocenters. The van der Waals surface area contributed by atoms with Crippen molar-refractivity contribution in [3.8, 4) is 0 Å². The Labute approximate surface area is 114 Å². The summed E-state index contributed by atoms with van der Waals surface area (Å²) in [5.74, 6) is 1.74. The van der Waals surface area contributed by atoms with E-state index in [0.29, 0.717) is 0 Å². The first-order valence-corrected chi connectivity index (χ1v) is 7.00. The molecule has 0 aliphatic heterocycles. The van der Waals surface area contributed by atoms with Gasteiger partial charge in [0.1, 0.15) is 11.4 Å². The molecule has 1 fully saturated rings. The Bertz CT molecular complexity index is 444. The van der Waals surface area contributed by atoms with Crippen molar-refractivity contribution in [2.45, 2.75) is 64.9 Å². The summed E-state index contributed by atoms with van der Waals surface area (Å²) in [7, 11) is 0. The lowest BCUT2D eigenvalue weighted by Gasteiger charge is -2.29. The smallest absolute Gasteiger partial charge is 0.309 e. The SMILES string of the molecule is Cc1cnc(C2CCCC(C(=O)OC(C)(C)C)C2)o1. The molecule has 0 radical (unpaired) electrons. The Morgan fingerprint density at radius 3 is 2.74 bits per heavy atom. The van der Waals surface area contributed by atoms with Gasteiger partial charge in [0.2, 0.25) is 0 Å². The summed E-state index contributed by atoms with van der Waals surface area (Å²) >= 11 is 0. The fourth-order valence-electron chi connectivity index (χ4n) is 2.57. The largest absolute Gasteiger partial charge is 0.460 e. The van der Waals surface area contributed by atoms with Gasteiger partial charge in [0.05, 0.1) is 12.1 Å². The third-order valence-electron chi connectivity index (χ3n) is 3.40. The van der Waals surface area contributed by atoms with Gasteiger partial charge in [0.25, 0.3) is 0 Å². The second kappa shape index (κ2) is 5.35. The average molecular weight is 265 g/mol. The Morgan fingerprint density at radius 1 is 1.42 bits per heavy atom. The first-order valence-electron chi connectivity index (χ1n) is 7.00. The standard InChI is InChI=1S/C15H23NO3/c1-10-9-16-13(18-10)11-6-5-7-12(8-11)14(17)19-15(2,3)4/h9,11-12H,5-8H2,1-4H3. The Kier molecular flexibility index (Phi) is 3.97. The van der Waals surface area contributed by atoms with E-state index in [4.69, 9.17) is 9.15 Å². The Morgan fingerprint density at radius 2 is 2.16 bits per heavy atom. The van der Waals surface area contributed by atoms with Gasteiger partial charge >= 0.3 is 5.97 Å². The number of hydrogen-bond donors (Lipinski definition) is 0. The summed E-state index contributed by atoms with van der Waals surface area (Å²) in [4.78, 5) is 16.4. The van der Waals surface area contributed by atoms with Gasteiger partial charge in [-0.3, -0.25) is 4.79 Å². The van der Waals surface area contributed by atoms with E-state index in [1.807, 2.05) is 27.7 Å². The highest BCUT2D eigenvalue weighted by Crippen LogP contribution is 2.36. The number of esters is 1. The highest BCUT2D eigenvalue weighted by atomic mass is 16.6. The van der Waals surface area contributed by atoms with Crippen LogP contribution in [0.1, 0.15) is 64.0 Å². The minimum absolute atomic E-state index is 0.0230. The van der Waals surface area contributed by atoms with Crippen molar-refractivity contribution >= 4 is 5.97 Å². The number of aromatic nitrogens is 1. The van der Waals surface area contributed by atoms with Crippen LogP contribution in [0, 0.1) is 12.8 Å². The molecule has 1 saturated carbocycles. The predicted molar refractivity (Wildman–Crippen MR) is 71.8 cm³/mol. The number of nitrogens with zero attached hydrogens (tertiary/aromatic N) is 1. The van der Waals surface area contributed by atoms with Crippen molar-refractivity contribution in [3.63, 3.8) is 0 Å². The molecular weight excluding hydrogens is 242 g/mol. The number of carbonyl (C=O) groups is 1. The zero-order valence-electron chi connectivity index (χ0n) is 12.2. The number of rotatable bonds is 2. The maximum absolute atomic E-state index is 12.1. The molecule has 4 nitrogen and oxygen atoms in total. The molecule has 4 heteroatoms. The molecule has 1 aliphatic rings. The number of carbonyl (C=O) groups excluding carboxylic acids is 1. The summed E-state index contributed by atoms with van der Waals surface area (Å²) in [6.45, 7) is 7.61. The minimum Gasteiger partial charge on any atom is -0.460 e. The molecule has 2 rings (SSSR count). The van der Waals surface area contributed by atoms with Crippen LogP contribution in [0.25, 0.3) is 0 Å². The van der Waals surface area contributed by atoms with E-state index in [0.717, 1.165) is 37.3 Å². The molecule has 106 valence electrons. The fraction of sp³-hybridized carbons (Fsp3) is 0.733. The van der Waals surface area contributed by atoms with Crippen LogP contribution in [-0.2, 0) is 9.53 Å². The molecule has 0 amide bonds. The van der Waals surface area contributed by atoms with Gasteiger partial charge in [-0.1, -0.05) is 6.42 Å². The van der Waals surface area contributed by atoms with Crippen LogP contribution < -0.4 is 0 Å². The number of ether oxygens (including phenoxy) is 1. The number of oxazole rings is 1. The maximum Gasteiger partial charge on any atom is 0.309 e. The van der Waals surface area contributed by atoms with Crippen LogP contribution >= 0.6 is 0 Å². The Hall–Kier alpha value is -1.32. The summed E-state index contributed by atoms with van der Waals surface area (Å²) in [6.07, 6.45) is 5.50. The number of aryl methyl sites for hydroxylation is 1. The maximum atomic E-state index is 12.1. The molecule has 1 aliphatic carbocycles. The van der Waals surface area contributed by atoms with Crippen LogP contribution in [0.2, 0.25) is 0 Å². The van der Waals surface area contributed by atoms with Crippen LogP contribution in [0.15, 0.2) is 10.6 Å². The van der Waals surface area contributed by atoms with Gasteiger partial charge in [0, 0.05) is 5.92 Å². The van der Waals surface area contributed by atoms with Crippen molar-refractivity contribution in [1.82, 2.24) is 4.98 Å². The lowest BCUT2D eigenvalue weighted by Crippen LogP contribution is -2.31. The average Bonchev–Trinajstić information content (AvgIpc) is 2.74. The zero-order chi connectivity index (χ0) is 14.0. The lowest BCUT2D eigenvalue weighted by molar-refractivity contribution is -0.161. The normalized spacial score (nSPS) is 24.2.